The third kappa shape index (κ3) is 18.4. The van der Waals surface area contributed by atoms with Crippen LogP contribution in [0.5, 0.6) is 0 Å². The minimum atomic E-state index is -0.426. The minimum absolute atomic E-state index is 0.00623. The molecule has 4 saturated heterocycles. The summed E-state index contributed by atoms with van der Waals surface area (Å²) in [5.41, 5.74) is 4.53. The van der Waals surface area contributed by atoms with Crippen molar-refractivity contribution in [3.8, 4) is 0 Å². The molecule has 2 aromatic heterocycles. The third-order valence-corrected chi connectivity index (χ3v) is 20.3. The Bertz CT molecular complexity index is 3070. The Kier molecular flexibility index (Phi) is 23.4. The smallest absolute Gasteiger partial charge is 0.251 e. The van der Waals surface area contributed by atoms with Crippen LogP contribution in [0.4, 0.5) is 20.2 Å². The number of halogens is 2. The van der Waals surface area contributed by atoms with Gasteiger partial charge in [0, 0.05) is 161 Å². The van der Waals surface area contributed by atoms with Crippen molar-refractivity contribution in [1.29, 1.82) is 0 Å². The Morgan fingerprint density at radius 3 is 1.28 bits per heavy atom. The number of piperazine rings is 2. The molecule has 6 N–H and O–H groups in total. The lowest BCUT2D eigenvalue weighted by Gasteiger charge is -2.43. The van der Waals surface area contributed by atoms with E-state index in [-0.39, 0.29) is 95.7 Å². The normalized spacial score (nSPS) is 23.5. The van der Waals surface area contributed by atoms with E-state index in [1.165, 1.54) is 49.9 Å². The van der Waals surface area contributed by atoms with E-state index in [2.05, 4.69) is 92.4 Å². The number of piperidine rings is 2. The van der Waals surface area contributed by atoms with Crippen LogP contribution in [0.1, 0.15) is 178 Å². The number of aromatic nitrogens is 2. The Morgan fingerprint density at radius 1 is 0.533 bits per heavy atom. The van der Waals surface area contributed by atoms with Gasteiger partial charge in [-0.1, -0.05) is 103 Å². The number of fused-ring (bicyclic) bond motifs is 2. The number of nitrogens with one attached hydrogen (secondary N) is 6. The summed E-state index contributed by atoms with van der Waals surface area (Å²) in [6.45, 7) is 22.1. The van der Waals surface area contributed by atoms with E-state index in [1.807, 2.05) is 21.9 Å². The molecule has 0 radical (unpaired) electrons. The summed E-state index contributed by atoms with van der Waals surface area (Å²) >= 11 is 0. The van der Waals surface area contributed by atoms with Crippen LogP contribution >= 0.6 is 0 Å². The van der Waals surface area contributed by atoms with E-state index in [4.69, 9.17) is 0 Å². The van der Waals surface area contributed by atoms with Gasteiger partial charge >= 0.3 is 0 Å². The molecule has 20 heteroatoms. The van der Waals surface area contributed by atoms with Gasteiger partial charge in [0.05, 0.1) is 24.5 Å². The van der Waals surface area contributed by atoms with E-state index in [1.54, 1.807) is 24.3 Å². The molecule has 0 bridgehead atoms. The molecule has 6 aliphatic rings. The van der Waals surface area contributed by atoms with Gasteiger partial charge < -0.3 is 41.0 Å². The monoisotopic (exact) mass is 1270 g/mol. The molecule has 0 spiro atoms. The molecule has 4 fully saturated rings. The number of pyridine rings is 2. The number of H-pyrrole nitrogens is 2. The number of amides is 4. The van der Waals surface area contributed by atoms with Crippen LogP contribution in [0, 0.1) is 11.6 Å². The number of benzene rings is 2. The van der Waals surface area contributed by atoms with Gasteiger partial charge in [0.15, 0.2) is 0 Å². The number of nitrogens with zero attached hydrogens (tertiary/aromatic N) is 6. The second kappa shape index (κ2) is 31.4. The summed E-state index contributed by atoms with van der Waals surface area (Å²) in [6.07, 6.45) is 16.6. The fraction of sp³-hybridized carbons (Fsp3) is 0.639. The molecule has 6 aliphatic heterocycles. The first-order chi connectivity index (χ1) is 44.1. The van der Waals surface area contributed by atoms with Gasteiger partial charge in [-0.05, 0) is 113 Å². The van der Waals surface area contributed by atoms with Crippen molar-refractivity contribution >= 4 is 35.0 Å². The number of likely N-dealkylation sites (tertiary alicyclic amines) is 2. The van der Waals surface area contributed by atoms with Crippen LogP contribution in [0.2, 0.25) is 0 Å². The van der Waals surface area contributed by atoms with Crippen molar-refractivity contribution in [3.05, 3.63) is 127 Å². The van der Waals surface area contributed by atoms with Crippen LogP contribution in [-0.4, -0.2) is 181 Å². The highest BCUT2D eigenvalue weighted by atomic mass is 19.1. The zero-order valence-electron chi connectivity index (χ0n) is 55.8. The number of rotatable bonds is 27. The molecule has 8 heterocycles. The number of carbonyl (C=O) groups excluding carboxylic acids is 4. The topological polar surface area (TPSA) is 202 Å². The lowest BCUT2D eigenvalue weighted by Crippen LogP contribution is -2.62. The molecule has 92 heavy (non-hydrogen) atoms. The zero-order chi connectivity index (χ0) is 65.1. The predicted octanol–water partition coefficient (Wildman–Crippen LogP) is 7.64. The van der Waals surface area contributed by atoms with E-state index in [0.29, 0.717) is 49.9 Å². The number of hydrogen-bond acceptors (Lipinski definition) is 12. The first-order valence-electron chi connectivity index (χ1n) is 34.7. The Morgan fingerprint density at radius 2 is 0.902 bits per heavy atom. The maximum Gasteiger partial charge on any atom is 0.251 e. The van der Waals surface area contributed by atoms with Crippen molar-refractivity contribution in [1.82, 2.24) is 50.8 Å². The van der Waals surface area contributed by atoms with Gasteiger partial charge in [-0.2, -0.15) is 0 Å². The van der Waals surface area contributed by atoms with Gasteiger partial charge in [-0.15, -0.1) is 0 Å². The van der Waals surface area contributed by atoms with Crippen LogP contribution < -0.4 is 42.2 Å². The molecule has 18 nitrogen and oxygen atoms in total. The van der Waals surface area contributed by atoms with E-state index >= 15 is 0 Å². The lowest BCUT2D eigenvalue weighted by atomic mass is 9.91. The molecule has 4 aromatic rings. The Balaban J connectivity index is 0.570. The second-order valence-corrected chi connectivity index (χ2v) is 29.3. The molecule has 2 unspecified atom stereocenters. The summed E-state index contributed by atoms with van der Waals surface area (Å²) < 4.78 is 27.3. The first kappa shape index (κ1) is 68.7. The summed E-state index contributed by atoms with van der Waals surface area (Å²) in [5.74, 6) is -0.368. The number of aromatic amines is 2. The maximum atomic E-state index is 14.3. The molecular weight excluding hydrogens is 1170 g/mol. The van der Waals surface area contributed by atoms with Gasteiger partial charge in [-0.3, -0.25) is 48.4 Å². The van der Waals surface area contributed by atoms with Gasteiger partial charge in [-0.25, -0.2) is 8.78 Å². The zero-order valence-corrected chi connectivity index (χ0v) is 55.8. The molecule has 6 atom stereocenters. The summed E-state index contributed by atoms with van der Waals surface area (Å²) in [6, 6.07) is 17.0. The van der Waals surface area contributed by atoms with Gasteiger partial charge in [0.1, 0.15) is 11.6 Å². The van der Waals surface area contributed by atoms with E-state index in [0.717, 1.165) is 164 Å². The summed E-state index contributed by atoms with van der Waals surface area (Å²) in [5, 5.41) is 14.0. The predicted molar refractivity (Wildman–Crippen MR) is 360 cm³/mol. The molecule has 4 amide bonds. The number of anilines is 2. The SMILES string of the molecule is C[C@@H]1CN(CC(=O)N2CC(C)(C)c3[nH]c(=O)c(Cc4ccc(F)cc4)cc32)[C@@H](CN2CCCC(NC(=O)CCCCCCCCCCCCC(=O)NC3CCCN(C[C@H]4CN[C@H](C)CN4CC(=O)N4CC(C)(C)c5[nH]c(=O)c(Cc6ccc(F)cc6)cc54)C3)C2)CN1. The lowest BCUT2D eigenvalue weighted by molar-refractivity contribution is -0.123. The van der Waals surface area contributed by atoms with E-state index in [9.17, 15) is 37.5 Å². The highest BCUT2D eigenvalue weighted by Gasteiger charge is 2.43. The van der Waals surface area contributed by atoms with Crippen molar-refractivity contribution in [2.24, 2.45) is 0 Å². The fourth-order valence-electron chi connectivity index (χ4n) is 15.2. The average molecular weight is 1270 g/mol. The van der Waals surface area contributed by atoms with Crippen LogP contribution in [0.3, 0.4) is 0 Å². The number of unbranched alkanes of at least 4 members (excludes halogenated alkanes) is 9. The van der Waals surface area contributed by atoms with Crippen LogP contribution in [0.15, 0.2) is 70.3 Å². The molecule has 0 saturated carbocycles. The quantitative estimate of drug-likeness (QED) is 0.0320. The highest BCUT2D eigenvalue weighted by Crippen LogP contribution is 2.41. The van der Waals surface area contributed by atoms with Crippen molar-refractivity contribution in [2.75, 3.05) is 101 Å². The fourth-order valence-corrected chi connectivity index (χ4v) is 15.2. The first-order valence-corrected chi connectivity index (χ1v) is 34.7. The minimum Gasteiger partial charge on any atom is -0.352 e. The number of carbonyl (C=O) groups is 4. The molecule has 502 valence electrons. The summed E-state index contributed by atoms with van der Waals surface area (Å²) in [4.78, 5) is 101. The van der Waals surface area contributed by atoms with Crippen LogP contribution in [0.25, 0.3) is 0 Å². The van der Waals surface area contributed by atoms with Gasteiger partial charge in [0.25, 0.3) is 11.1 Å². The molecular formula is C72H104F2N12O6. The van der Waals surface area contributed by atoms with E-state index < -0.39 is 10.8 Å². The maximum absolute atomic E-state index is 14.3. The number of hydrogen-bond donors (Lipinski definition) is 6. The Hall–Kier alpha value is -6.16. The van der Waals surface area contributed by atoms with Crippen molar-refractivity contribution in [3.63, 3.8) is 0 Å². The second-order valence-electron chi connectivity index (χ2n) is 29.3. The standard InChI is InChI=1S/C72H104F2N12O6/c1-49-39-83(45-65(89)85-47-71(3,4)67-61(85)35-53(69(91)79-67)33-51-23-27-55(73)28-24-51)59(37-75-49)43-81-31-17-19-57(41-81)77-63(87)21-15-13-11-9-7-8-10-12-14-16-22-64(88)78-58-20-18-32-82(42-58)44-60-38-76-50(2)40-84(60)46-66(90)86-48-72(5,6)68-62(86)36-54(70(92)80-68)34-52-25-29-56(74)30-26-52/h23-30,35-36,49-50,57-60,75-76H,7-22,31-34,37-48H2,1-6H3,(H,77,87)(H,78,88)(H,79,91)(H,80,92)/t49-,50-,57?,58?,59-,60-/m1/s1. The largest absolute Gasteiger partial charge is 0.352 e. The van der Waals surface area contributed by atoms with Crippen LogP contribution in [-0.2, 0) is 42.8 Å². The average Bonchev–Trinajstić information content (AvgIpc) is 1.61. The van der Waals surface area contributed by atoms with Gasteiger partial charge in [0.2, 0.25) is 23.6 Å². The molecule has 10 rings (SSSR count). The highest BCUT2D eigenvalue weighted by molar-refractivity contribution is 5.98. The van der Waals surface area contributed by atoms with Crippen molar-refractivity contribution < 1.29 is 28.0 Å². The summed E-state index contributed by atoms with van der Waals surface area (Å²) in [7, 11) is 0. The molecule has 0 aliphatic carbocycles. The Labute approximate surface area is 543 Å². The van der Waals surface area contributed by atoms with Crippen molar-refractivity contribution in [2.45, 2.75) is 204 Å². The third-order valence-electron chi connectivity index (χ3n) is 20.3. The molecule has 2 aromatic carbocycles.